The summed E-state index contributed by atoms with van der Waals surface area (Å²) in [6, 6.07) is 0. The van der Waals surface area contributed by atoms with Gasteiger partial charge in [0.1, 0.15) is 6.10 Å². The largest absolute Gasteiger partial charge is 0.346 e. The lowest BCUT2D eigenvalue weighted by atomic mass is 9.92. The average Bonchev–Trinajstić information content (AvgIpc) is 2.50. The van der Waals surface area contributed by atoms with E-state index in [1.807, 2.05) is 20.5 Å². The number of ether oxygens (including phenoxy) is 3. The van der Waals surface area contributed by atoms with Gasteiger partial charge in [-0.15, -0.1) is 0 Å². The van der Waals surface area contributed by atoms with Crippen molar-refractivity contribution in [1.29, 1.82) is 0 Å². The van der Waals surface area contributed by atoms with Gasteiger partial charge in [0, 0.05) is 13.8 Å². The highest BCUT2D eigenvalue weighted by Crippen LogP contribution is 2.48. The molecular formula is C11H22O4P2. The van der Waals surface area contributed by atoms with Crippen LogP contribution in [-0.4, -0.2) is 37.1 Å². The Morgan fingerprint density at radius 3 is 2.35 bits per heavy atom. The van der Waals surface area contributed by atoms with Crippen LogP contribution in [-0.2, 0) is 18.7 Å². The molecule has 0 N–H and O–H groups in total. The van der Waals surface area contributed by atoms with Crippen LogP contribution in [0.15, 0.2) is 0 Å². The summed E-state index contributed by atoms with van der Waals surface area (Å²) in [5.41, 5.74) is 0. The van der Waals surface area contributed by atoms with Crippen LogP contribution in [0.1, 0.15) is 27.7 Å². The molecule has 0 saturated carbocycles. The lowest BCUT2D eigenvalue weighted by Crippen LogP contribution is -2.51. The van der Waals surface area contributed by atoms with Gasteiger partial charge in [-0.05, 0) is 27.4 Å². The van der Waals surface area contributed by atoms with Crippen molar-refractivity contribution >= 4 is 16.8 Å². The van der Waals surface area contributed by atoms with Gasteiger partial charge in [0.2, 0.25) is 0 Å². The van der Waals surface area contributed by atoms with Crippen LogP contribution in [0.25, 0.3) is 0 Å². The van der Waals surface area contributed by atoms with Crippen LogP contribution in [0.2, 0.25) is 0 Å². The summed E-state index contributed by atoms with van der Waals surface area (Å²) in [6.45, 7) is 10.1. The fourth-order valence-electron chi connectivity index (χ4n) is 2.36. The van der Waals surface area contributed by atoms with E-state index < -0.39 is 13.6 Å². The van der Waals surface area contributed by atoms with Crippen LogP contribution in [0, 0.1) is 5.92 Å². The van der Waals surface area contributed by atoms with E-state index >= 15 is 0 Å². The molecule has 2 heterocycles. The van der Waals surface area contributed by atoms with E-state index in [9.17, 15) is 0 Å². The second kappa shape index (κ2) is 5.00. The van der Waals surface area contributed by atoms with Crippen molar-refractivity contribution < 1.29 is 18.7 Å². The molecule has 0 amide bonds. The molecule has 0 spiro atoms. The predicted octanol–water partition coefficient (Wildman–Crippen LogP) is 2.72. The van der Waals surface area contributed by atoms with E-state index in [0.29, 0.717) is 5.92 Å². The summed E-state index contributed by atoms with van der Waals surface area (Å²) >= 11 is 0. The van der Waals surface area contributed by atoms with E-state index in [4.69, 9.17) is 18.7 Å². The summed E-state index contributed by atoms with van der Waals surface area (Å²) in [7, 11) is 2.12. The molecule has 0 aromatic heterocycles. The highest BCUT2D eigenvalue weighted by Gasteiger charge is 2.53. The van der Waals surface area contributed by atoms with E-state index in [1.54, 1.807) is 0 Å². The average molecular weight is 280 g/mol. The Bertz CT molecular complexity index is 285. The third kappa shape index (κ3) is 3.00. The van der Waals surface area contributed by atoms with Crippen molar-refractivity contribution in [1.82, 2.24) is 0 Å². The molecule has 6 heteroatoms. The predicted molar refractivity (Wildman–Crippen MR) is 71.0 cm³/mol. The minimum absolute atomic E-state index is 0.0544. The van der Waals surface area contributed by atoms with Gasteiger partial charge in [0.05, 0.1) is 12.2 Å². The molecule has 0 aliphatic carbocycles. The summed E-state index contributed by atoms with van der Waals surface area (Å²) in [6.07, 6.45) is -0.263. The van der Waals surface area contributed by atoms with Crippen LogP contribution >= 0.6 is 16.8 Å². The van der Waals surface area contributed by atoms with Crippen LogP contribution in [0.3, 0.4) is 0 Å². The first kappa shape index (κ1) is 14.1. The second-order valence-electron chi connectivity index (χ2n) is 5.29. The molecule has 2 rings (SSSR count). The Kier molecular flexibility index (Phi) is 4.15. The van der Waals surface area contributed by atoms with Crippen molar-refractivity contribution in [3.63, 3.8) is 0 Å². The minimum atomic E-state index is -0.555. The Hall–Kier alpha value is 0.700. The van der Waals surface area contributed by atoms with Gasteiger partial charge in [-0.25, -0.2) is 0 Å². The van der Waals surface area contributed by atoms with Crippen molar-refractivity contribution in [2.75, 3.05) is 6.66 Å². The quantitative estimate of drug-likeness (QED) is 0.729. The second-order valence-corrected chi connectivity index (χ2v) is 8.77. The lowest BCUT2D eigenvalue weighted by molar-refractivity contribution is -0.223. The Balaban J connectivity index is 2.14. The number of hydrogen-bond donors (Lipinski definition) is 0. The smallest absolute Gasteiger partial charge is 0.190 e. The third-order valence-corrected chi connectivity index (χ3v) is 4.21. The van der Waals surface area contributed by atoms with Gasteiger partial charge in [-0.2, -0.15) is 0 Å². The molecule has 4 nitrogen and oxygen atoms in total. The zero-order chi connectivity index (χ0) is 12.8. The van der Waals surface area contributed by atoms with E-state index in [0.717, 1.165) is 0 Å². The maximum absolute atomic E-state index is 5.97. The molecule has 17 heavy (non-hydrogen) atoms. The molecule has 100 valence electrons. The van der Waals surface area contributed by atoms with Gasteiger partial charge in [0.15, 0.2) is 12.1 Å². The molecule has 0 aromatic rings. The van der Waals surface area contributed by atoms with E-state index in [1.165, 1.54) is 0 Å². The maximum atomic E-state index is 5.97. The van der Waals surface area contributed by atoms with Gasteiger partial charge in [-0.3, -0.25) is 0 Å². The van der Waals surface area contributed by atoms with Crippen molar-refractivity contribution in [2.24, 2.45) is 5.92 Å². The molecule has 2 aliphatic rings. The first-order valence-electron chi connectivity index (χ1n) is 5.96. The zero-order valence-electron chi connectivity index (χ0n) is 11.0. The van der Waals surface area contributed by atoms with E-state index in [-0.39, 0.29) is 24.6 Å². The first-order chi connectivity index (χ1) is 7.80. The summed E-state index contributed by atoms with van der Waals surface area (Å²) in [5.74, 6) is -0.232. The van der Waals surface area contributed by atoms with Crippen molar-refractivity contribution in [3.05, 3.63) is 0 Å². The molecule has 0 radical (unpaired) electrons. The summed E-state index contributed by atoms with van der Waals surface area (Å²) in [4.78, 5) is 0. The topological polar surface area (TPSA) is 36.9 Å². The molecule has 2 fully saturated rings. The highest BCUT2D eigenvalue weighted by atomic mass is 32.0. The first-order valence-corrected chi connectivity index (χ1v) is 9.29. The normalized spacial score (nSPS) is 46.6. The molecule has 7 atom stereocenters. The fraction of sp³-hybridized carbons (Fsp3) is 1.00. The fourth-order valence-corrected chi connectivity index (χ4v) is 3.22. The highest BCUT2D eigenvalue weighted by molar-refractivity contribution is 8.10. The number of rotatable bonds is 2. The van der Waals surface area contributed by atoms with Crippen LogP contribution < -0.4 is 0 Å². The zero-order valence-corrected chi connectivity index (χ0v) is 13.1. The molecule has 7 unspecified atom stereocenters. The minimum Gasteiger partial charge on any atom is -0.346 e. The van der Waals surface area contributed by atoms with Crippen LogP contribution in [0.4, 0.5) is 0 Å². The number of hydrogen-bond acceptors (Lipinski definition) is 4. The maximum Gasteiger partial charge on any atom is 0.190 e. The Morgan fingerprint density at radius 2 is 1.76 bits per heavy atom. The SMILES string of the molecule is CC1OC(OP(C)P)C2OC(C)(C)OC2C1C. The Morgan fingerprint density at radius 1 is 1.18 bits per heavy atom. The standard InChI is InChI=1S/C11H22O4P2/c1-6-7(2)12-10(15-17(5)16)9-8(6)13-11(3,4)14-9/h6-10H,16H2,1-5H3. The molecule has 0 bridgehead atoms. The Labute approximate surface area is 107 Å². The van der Waals surface area contributed by atoms with Gasteiger partial charge in [0.25, 0.3) is 0 Å². The lowest BCUT2D eigenvalue weighted by Gasteiger charge is -2.39. The third-order valence-electron chi connectivity index (χ3n) is 3.31. The molecule has 0 aromatic carbocycles. The van der Waals surface area contributed by atoms with E-state index in [2.05, 4.69) is 22.8 Å². The van der Waals surface area contributed by atoms with Crippen LogP contribution in [0.5, 0.6) is 0 Å². The summed E-state index contributed by atoms with van der Waals surface area (Å²) < 4.78 is 23.6. The monoisotopic (exact) mass is 280 g/mol. The molecular weight excluding hydrogens is 258 g/mol. The number of fused-ring (bicyclic) bond motifs is 1. The van der Waals surface area contributed by atoms with Gasteiger partial charge >= 0.3 is 0 Å². The molecule has 2 aliphatic heterocycles. The van der Waals surface area contributed by atoms with Crippen molar-refractivity contribution in [3.8, 4) is 0 Å². The van der Waals surface area contributed by atoms with Crippen molar-refractivity contribution in [2.45, 2.75) is 58.1 Å². The van der Waals surface area contributed by atoms with Gasteiger partial charge in [-0.1, -0.05) is 15.9 Å². The van der Waals surface area contributed by atoms with Gasteiger partial charge < -0.3 is 18.7 Å². The molecule has 2 saturated heterocycles. The summed E-state index contributed by atoms with van der Waals surface area (Å²) in [5, 5.41) is 0.